The van der Waals surface area contributed by atoms with Gasteiger partial charge in [-0.2, -0.15) is 15.0 Å². The van der Waals surface area contributed by atoms with Crippen molar-refractivity contribution in [2.75, 3.05) is 69.7 Å². The predicted molar refractivity (Wildman–Crippen MR) is 165 cm³/mol. The number of amides is 1. The van der Waals surface area contributed by atoms with E-state index in [4.69, 9.17) is 18.9 Å². The Kier molecular flexibility index (Phi) is 12.5. The topological polar surface area (TPSA) is 141 Å². The first-order chi connectivity index (χ1) is 21.5. The van der Waals surface area contributed by atoms with Crippen molar-refractivity contribution in [1.82, 2.24) is 20.3 Å². The Balaban J connectivity index is 1.25. The Morgan fingerprint density at radius 1 is 0.727 bits per heavy atom. The fraction of sp³-hybridized carbons (Fsp3) is 0.290. The minimum atomic E-state index is -0.321. The zero-order valence-corrected chi connectivity index (χ0v) is 24.6. The highest BCUT2D eigenvalue weighted by atomic mass is 19.1. The van der Waals surface area contributed by atoms with Gasteiger partial charge in [0, 0.05) is 37.0 Å². The number of aromatic nitrogens is 3. The number of carbonyl (C=O) groups excluding carboxylic acids is 1. The lowest BCUT2D eigenvalue weighted by Crippen LogP contribution is -2.27. The molecule has 0 aliphatic carbocycles. The molecule has 0 bridgehead atoms. The molecule has 3 aromatic carbocycles. The molecule has 0 fully saturated rings. The first kappa shape index (κ1) is 31.9. The summed E-state index contributed by atoms with van der Waals surface area (Å²) in [5, 5.41) is 12.2. The van der Waals surface area contributed by atoms with Gasteiger partial charge in [0.15, 0.2) is 11.5 Å². The molecule has 1 aromatic heterocycles. The quantitative estimate of drug-likeness (QED) is 0.121. The van der Waals surface area contributed by atoms with E-state index in [0.29, 0.717) is 80.7 Å². The van der Waals surface area contributed by atoms with Crippen LogP contribution in [0.4, 0.5) is 27.9 Å². The molecule has 0 radical (unpaired) electrons. The number of anilines is 4. The third-order valence-corrected chi connectivity index (χ3v) is 6.08. The summed E-state index contributed by atoms with van der Waals surface area (Å²) >= 11 is 0. The van der Waals surface area contributed by atoms with Gasteiger partial charge in [-0.1, -0.05) is 30.3 Å². The second kappa shape index (κ2) is 17.2. The van der Waals surface area contributed by atoms with Crippen LogP contribution in [0.25, 0.3) is 0 Å². The molecule has 0 aliphatic rings. The predicted octanol–water partition coefficient (Wildman–Crippen LogP) is 4.26. The zero-order chi connectivity index (χ0) is 31.0. The average Bonchev–Trinajstić information content (AvgIpc) is 3.05. The largest absolute Gasteiger partial charge is 0.493 e. The summed E-state index contributed by atoms with van der Waals surface area (Å²) in [6.07, 6.45) is 0. The molecule has 0 spiro atoms. The normalized spacial score (nSPS) is 10.6. The molecule has 13 heteroatoms. The molecule has 0 aliphatic heterocycles. The Hall–Kier alpha value is -5.01. The lowest BCUT2D eigenvalue weighted by molar-refractivity contribution is 0.0519. The van der Waals surface area contributed by atoms with Crippen molar-refractivity contribution in [3.05, 3.63) is 89.7 Å². The molecule has 1 amide bonds. The SMILES string of the molecule is COc1ccc(Nc2nc(NCCOCCOCCNC(=O)c3ccccc3)nc(NCc3cccc(F)c3)n2)cc1OC. The van der Waals surface area contributed by atoms with Crippen LogP contribution in [0.3, 0.4) is 0 Å². The summed E-state index contributed by atoms with van der Waals surface area (Å²) in [6, 6.07) is 20.6. The van der Waals surface area contributed by atoms with Crippen LogP contribution in [0, 0.1) is 5.82 Å². The van der Waals surface area contributed by atoms with Gasteiger partial charge in [-0.05, 0) is 42.0 Å². The van der Waals surface area contributed by atoms with Gasteiger partial charge in [0.1, 0.15) is 5.82 Å². The second-order valence-electron chi connectivity index (χ2n) is 9.26. The van der Waals surface area contributed by atoms with Gasteiger partial charge in [0.05, 0.1) is 40.6 Å². The van der Waals surface area contributed by atoms with E-state index < -0.39 is 0 Å². The fourth-order valence-corrected chi connectivity index (χ4v) is 3.95. The monoisotopic (exact) mass is 605 g/mol. The summed E-state index contributed by atoms with van der Waals surface area (Å²) in [5.41, 5.74) is 2.03. The van der Waals surface area contributed by atoms with E-state index in [0.717, 1.165) is 5.56 Å². The van der Waals surface area contributed by atoms with Gasteiger partial charge in [0.2, 0.25) is 17.8 Å². The lowest BCUT2D eigenvalue weighted by atomic mass is 10.2. The number of nitrogens with one attached hydrogen (secondary N) is 4. The van der Waals surface area contributed by atoms with Crippen molar-refractivity contribution in [3.63, 3.8) is 0 Å². The van der Waals surface area contributed by atoms with Crippen LogP contribution in [-0.2, 0) is 16.0 Å². The van der Waals surface area contributed by atoms with Gasteiger partial charge >= 0.3 is 0 Å². The van der Waals surface area contributed by atoms with Gasteiger partial charge in [-0.3, -0.25) is 4.79 Å². The summed E-state index contributed by atoms with van der Waals surface area (Å²) in [5.74, 6) is 1.58. The number of rotatable bonds is 18. The molecule has 1 heterocycles. The van der Waals surface area contributed by atoms with E-state index in [1.807, 2.05) is 24.3 Å². The summed E-state index contributed by atoms with van der Waals surface area (Å²) in [7, 11) is 3.12. The van der Waals surface area contributed by atoms with E-state index in [1.165, 1.54) is 12.1 Å². The van der Waals surface area contributed by atoms with E-state index in [1.54, 1.807) is 50.6 Å². The molecule has 232 valence electrons. The Morgan fingerprint density at radius 2 is 1.43 bits per heavy atom. The Morgan fingerprint density at radius 3 is 2.16 bits per heavy atom. The summed E-state index contributed by atoms with van der Waals surface area (Å²) in [6.45, 7) is 2.69. The van der Waals surface area contributed by atoms with Crippen molar-refractivity contribution < 1.29 is 28.1 Å². The molecule has 4 N–H and O–H groups in total. The first-order valence-corrected chi connectivity index (χ1v) is 14.0. The Bertz CT molecular complexity index is 1480. The van der Waals surface area contributed by atoms with Crippen LogP contribution < -0.4 is 30.7 Å². The molecule has 0 saturated carbocycles. The van der Waals surface area contributed by atoms with Crippen LogP contribution in [0.15, 0.2) is 72.8 Å². The number of ether oxygens (including phenoxy) is 4. The molecule has 0 unspecified atom stereocenters. The number of benzene rings is 3. The molecule has 0 saturated heterocycles. The van der Waals surface area contributed by atoms with Crippen LogP contribution in [-0.4, -0.2) is 74.6 Å². The van der Waals surface area contributed by atoms with Crippen molar-refractivity contribution in [3.8, 4) is 11.5 Å². The Labute approximate surface area is 255 Å². The van der Waals surface area contributed by atoms with Crippen molar-refractivity contribution in [2.24, 2.45) is 0 Å². The number of hydrogen-bond donors (Lipinski definition) is 4. The van der Waals surface area contributed by atoms with E-state index in [-0.39, 0.29) is 17.7 Å². The summed E-state index contributed by atoms with van der Waals surface area (Å²) in [4.78, 5) is 25.4. The molecule has 44 heavy (non-hydrogen) atoms. The highest BCUT2D eigenvalue weighted by Crippen LogP contribution is 2.30. The van der Waals surface area contributed by atoms with Gasteiger partial charge in [-0.25, -0.2) is 4.39 Å². The summed E-state index contributed by atoms with van der Waals surface area (Å²) < 4.78 is 35.5. The third-order valence-electron chi connectivity index (χ3n) is 6.08. The number of carbonyl (C=O) groups is 1. The number of hydrogen-bond acceptors (Lipinski definition) is 11. The minimum absolute atomic E-state index is 0.135. The van der Waals surface area contributed by atoms with E-state index in [9.17, 15) is 9.18 Å². The van der Waals surface area contributed by atoms with E-state index in [2.05, 4.69) is 36.2 Å². The van der Waals surface area contributed by atoms with Crippen LogP contribution in [0.1, 0.15) is 15.9 Å². The fourth-order valence-electron chi connectivity index (χ4n) is 3.95. The van der Waals surface area contributed by atoms with Gasteiger partial charge < -0.3 is 40.2 Å². The average molecular weight is 606 g/mol. The minimum Gasteiger partial charge on any atom is -0.493 e. The van der Waals surface area contributed by atoms with Crippen LogP contribution in [0.2, 0.25) is 0 Å². The second-order valence-corrected chi connectivity index (χ2v) is 9.26. The smallest absolute Gasteiger partial charge is 0.251 e. The van der Waals surface area contributed by atoms with Crippen LogP contribution >= 0.6 is 0 Å². The molecule has 0 atom stereocenters. The van der Waals surface area contributed by atoms with E-state index >= 15 is 0 Å². The lowest BCUT2D eigenvalue weighted by Gasteiger charge is -2.13. The van der Waals surface area contributed by atoms with Crippen molar-refractivity contribution >= 4 is 29.4 Å². The van der Waals surface area contributed by atoms with Crippen LogP contribution in [0.5, 0.6) is 11.5 Å². The first-order valence-electron chi connectivity index (χ1n) is 14.0. The molecular formula is C31H36FN7O5. The maximum Gasteiger partial charge on any atom is 0.251 e. The van der Waals surface area contributed by atoms with Gasteiger partial charge in [0.25, 0.3) is 5.91 Å². The third kappa shape index (κ3) is 10.4. The number of methoxy groups -OCH3 is 2. The maximum atomic E-state index is 13.6. The zero-order valence-electron chi connectivity index (χ0n) is 24.6. The number of halogens is 1. The molecule has 12 nitrogen and oxygen atoms in total. The van der Waals surface area contributed by atoms with Crippen molar-refractivity contribution in [1.29, 1.82) is 0 Å². The maximum absolute atomic E-state index is 13.6. The molecular weight excluding hydrogens is 569 g/mol. The standard InChI is InChI=1S/C31H36FN7O5/c1-41-26-12-11-25(20-27(26)42-2)36-31-38-29(37-30(39-31)35-21-22-7-6-10-24(32)19-22)34-14-16-44-18-17-43-15-13-33-28(40)23-8-4-3-5-9-23/h3-12,19-20H,13-18,21H2,1-2H3,(H,33,40)(H3,34,35,36,37,38,39). The molecule has 4 rings (SSSR count). The highest BCUT2D eigenvalue weighted by Gasteiger charge is 2.10. The highest BCUT2D eigenvalue weighted by molar-refractivity contribution is 5.94. The molecule has 4 aromatic rings. The number of nitrogens with zero attached hydrogens (tertiary/aromatic N) is 3. The van der Waals surface area contributed by atoms with Crippen molar-refractivity contribution in [2.45, 2.75) is 6.54 Å². The van der Waals surface area contributed by atoms with Gasteiger partial charge in [-0.15, -0.1) is 0 Å².